The SMILES string of the molecule is CC(C)CNCC1CCCC1Cc1cn(C)nn1. The summed E-state index contributed by atoms with van der Waals surface area (Å²) in [6, 6.07) is 0. The van der Waals surface area contributed by atoms with E-state index in [1.165, 1.54) is 25.8 Å². The summed E-state index contributed by atoms with van der Waals surface area (Å²) in [5.74, 6) is 2.36. The molecule has 102 valence electrons. The first-order valence-electron chi connectivity index (χ1n) is 7.21. The predicted molar refractivity (Wildman–Crippen MR) is 73.2 cm³/mol. The quantitative estimate of drug-likeness (QED) is 0.840. The summed E-state index contributed by atoms with van der Waals surface area (Å²) in [7, 11) is 1.94. The van der Waals surface area contributed by atoms with E-state index in [0.29, 0.717) is 0 Å². The van der Waals surface area contributed by atoms with Gasteiger partial charge in [0.1, 0.15) is 0 Å². The van der Waals surface area contributed by atoms with Crippen molar-refractivity contribution in [2.75, 3.05) is 13.1 Å². The van der Waals surface area contributed by atoms with Gasteiger partial charge < -0.3 is 5.32 Å². The highest BCUT2D eigenvalue weighted by atomic mass is 15.4. The zero-order valence-electron chi connectivity index (χ0n) is 11.9. The molecule has 4 nitrogen and oxygen atoms in total. The minimum absolute atomic E-state index is 0.741. The second-order valence-corrected chi connectivity index (χ2v) is 6.09. The molecule has 18 heavy (non-hydrogen) atoms. The van der Waals surface area contributed by atoms with Crippen molar-refractivity contribution in [1.82, 2.24) is 20.3 Å². The summed E-state index contributed by atoms with van der Waals surface area (Å²) in [5, 5.41) is 11.8. The molecule has 1 fully saturated rings. The molecule has 0 saturated heterocycles. The van der Waals surface area contributed by atoms with Gasteiger partial charge in [-0.15, -0.1) is 5.10 Å². The Morgan fingerprint density at radius 3 is 2.83 bits per heavy atom. The van der Waals surface area contributed by atoms with E-state index in [1.807, 2.05) is 7.05 Å². The lowest BCUT2D eigenvalue weighted by Gasteiger charge is -2.19. The molecule has 2 rings (SSSR count). The van der Waals surface area contributed by atoms with Crippen molar-refractivity contribution in [3.63, 3.8) is 0 Å². The Bertz CT molecular complexity index is 358. The number of aryl methyl sites for hydroxylation is 1. The summed E-state index contributed by atoms with van der Waals surface area (Å²) in [4.78, 5) is 0. The van der Waals surface area contributed by atoms with E-state index in [4.69, 9.17) is 0 Å². The smallest absolute Gasteiger partial charge is 0.0829 e. The van der Waals surface area contributed by atoms with Crippen LogP contribution in [0.15, 0.2) is 6.20 Å². The van der Waals surface area contributed by atoms with Crippen molar-refractivity contribution < 1.29 is 0 Å². The molecule has 1 heterocycles. The van der Waals surface area contributed by atoms with Gasteiger partial charge in [0.05, 0.1) is 5.69 Å². The van der Waals surface area contributed by atoms with E-state index in [2.05, 4.69) is 35.7 Å². The van der Waals surface area contributed by atoms with Crippen LogP contribution in [0, 0.1) is 17.8 Å². The van der Waals surface area contributed by atoms with Gasteiger partial charge in [-0.3, -0.25) is 4.68 Å². The fourth-order valence-corrected chi connectivity index (χ4v) is 2.97. The third-order valence-corrected chi connectivity index (χ3v) is 3.90. The van der Waals surface area contributed by atoms with Crippen LogP contribution in [0.2, 0.25) is 0 Å². The molecule has 2 atom stereocenters. The summed E-state index contributed by atoms with van der Waals surface area (Å²) < 4.78 is 1.80. The highest BCUT2D eigenvalue weighted by molar-refractivity contribution is 4.96. The van der Waals surface area contributed by atoms with Gasteiger partial charge in [0.25, 0.3) is 0 Å². The van der Waals surface area contributed by atoms with E-state index in [0.717, 1.165) is 36.4 Å². The maximum Gasteiger partial charge on any atom is 0.0829 e. The summed E-state index contributed by atoms with van der Waals surface area (Å²) >= 11 is 0. The van der Waals surface area contributed by atoms with Gasteiger partial charge in [-0.25, -0.2) is 0 Å². The number of hydrogen-bond donors (Lipinski definition) is 1. The Morgan fingerprint density at radius 2 is 2.17 bits per heavy atom. The van der Waals surface area contributed by atoms with Crippen LogP contribution in [0.5, 0.6) is 0 Å². The Hall–Kier alpha value is -0.900. The van der Waals surface area contributed by atoms with Crippen LogP contribution < -0.4 is 5.32 Å². The number of nitrogens with zero attached hydrogens (tertiary/aromatic N) is 3. The van der Waals surface area contributed by atoms with Crippen LogP contribution in [-0.4, -0.2) is 28.1 Å². The molecule has 1 aromatic heterocycles. The molecule has 1 N–H and O–H groups in total. The van der Waals surface area contributed by atoms with E-state index in [9.17, 15) is 0 Å². The first kappa shape index (κ1) is 13.5. The van der Waals surface area contributed by atoms with Gasteiger partial charge >= 0.3 is 0 Å². The van der Waals surface area contributed by atoms with E-state index in [-0.39, 0.29) is 0 Å². The molecule has 2 unspecified atom stereocenters. The van der Waals surface area contributed by atoms with E-state index >= 15 is 0 Å². The third-order valence-electron chi connectivity index (χ3n) is 3.90. The molecule has 0 spiro atoms. The minimum atomic E-state index is 0.741. The molecule has 0 aromatic carbocycles. The third kappa shape index (κ3) is 3.80. The average Bonchev–Trinajstić information content (AvgIpc) is 2.89. The van der Waals surface area contributed by atoms with Crippen molar-refractivity contribution in [1.29, 1.82) is 0 Å². The van der Waals surface area contributed by atoms with Crippen LogP contribution in [0.25, 0.3) is 0 Å². The lowest BCUT2D eigenvalue weighted by molar-refractivity contribution is 0.355. The Labute approximate surface area is 110 Å². The van der Waals surface area contributed by atoms with Crippen LogP contribution in [0.4, 0.5) is 0 Å². The largest absolute Gasteiger partial charge is 0.316 e. The maximum absolute atomic E-state index is 4.21. The highest BCUT2D eigenvalue weighted by Crippen LogP contribution is 2.33. The van der Waals surface area contributed by atoms with Crippen molar-refractivity contribution in [2.45, 2.75) is 39.5 Å². The van der Waals surface area contributed by atoms with Gasteiger partial charge in [0.15, 0.2) is 0 Å². The second-order valence-electron chi connectivity index (χ2n) is 6.09. The zero-order valence-corrected chi connectivity index (χ0v) is 11.9. The molecule has 0 radical (unpaired) electrons. The number of rotatable bonds is 6. The molecule has 1 aromatic rings. The van der Waals surface area contributed by atoms with Gasteiger partial charge in [-0.1, -0.05) is 25.5 Å². The molecule has 0 bridgehead atoms. The fraction of sp³-hybridized carbons (Fsp3) is 0.857. The Morgan fingerprint density at radius 1 is 1.39 bits per heavy atom. The summed E-state index contributed by atoms with van der Waals surface area (Å²) in [5.41, 5.74) is 1.15. The second kappa shape index (κ2) is 6.32. The van der Waals surface area contributed by atoms with Crippen molar-refractivity contribution >= 4 is 0 Å². The molecule has 1 aliphatic carbocycles. The van der Waals surface area contributed by atoms with Crippen molar-refractivity contribution in [3.05, 3.63) is 11.9 Å². The molecular weight excluding hydrogens is 224 g/mol. The average molecular weight is 250 g/mol. The molecule has 1 saturated carbocycles. The van der Waals surface area contributed by atoms with E-state index < -0.39 is 0 Å². The molecule has 4 heteroatoms. The zero-order chi connectivity index (χ0) is 13.0. The van der Waals surface area contributed by atoms with Gasteiger partial charge in [0.2, 0.25) is 0 Å². The van der Waals surface area contributed by atoms with Gasteiger partial charge in [0, 0.05) is 13.2 Å². The van der Waals surface area contributed by atoms with Crippen molar-refractivity contribution in [3.8, 4) is 0 Å². The molecule has 0 aliphatic heterocycles. The lowest BCUT2D eigenvalue weighted by atomic mass is 9.91. The Kier molecular flexibility index (Phi) is 4.75. The monoisotopic (exact) mass is 250 g/mol. The van der Waals surface area contributed by atoms with Crippen LogP contribution in [-0.2, 0) is 13.5 Å². The van der Waals surface area contributed by atoms with Gasteiger partial charge in [-0.2, -0.15) is 0 Å². The summed E-state index contributed by atoms with van der Waals surface area (Å²) in [6.45, 7) is 6.83. The minimum Gasteiger partial charge on any atom is -0.316 e. The standard InChI is InChI=1S/C14H26N4/c1-11(2)8-15-9-13-6-4-5-12(13)7-14-10-18(3)17-16-14/h10-13,15H,4-9H2,1-3H3. The number of hydrogen-bond acceptors (Lipinski definition) is 3. The van der Waals surface area contributed by atoms with Crippen LogP contribution >= 0.6 is 0 Å². The van der Waals surface area contributed by atoms with Crippen molar-refractivity contribution in [2.24, 2.45) is 24.8 Å². The first-order chi connectivity index (χ1) is 8.65. The number of nitrogens with one attached hydrogen (secondary N) is 1. The van der Waals surface area contributed by atoms with Crippen LogP contribution in [0.1, 0.15) is 38.8 Å². The summed E-state index contributed by atoms with van der Waals surface area (Å²) in [6.07, 6.45) is 7.25. The Balaban J connectivity index is 1.80. The maximum atomic E-state index is 4.21. The molecule has 0 amide bonds. The lowest BCUT2D eigenvalue weighted by Crippen LogP contribution is -2.29. The first-order valence-corrected chi connectivity index (χ1v) is 7.21. The fourth-order valence-electron chi connectivity index (χ4n) is 2.97. The topological polar surface area (TPSA) is 42.7 Å². The number of aromatic nitrogens is 3. The van der Waals surface area contributed by atoms with Gasteiger partial charge in [-0.05, 0) is 50.1 Å². The predicted octanol–water partition coefficient (Wildman–Crippen LogP) is 2.02. The van der Waals surface area contributed by atoms with E-state index in [1.54, 1.807) is 4.68 Å². The normalized spacial score (nSPS) is 24.0. The molecular formula is C14H26N4. The molecule has 1 aliphatic rings. The highest BCUT2D eigenvalue weighted by Gasteiger charge is 2.27. The van der Waals surface area contributed by atoms with Crippen LogP contribution in [0.3, 0.4) is 0 Å².